The smallest absolute Gasteiger partial charge is 0.511 e. The van der Waals surface area contributed by atoms with Crippen LogP contribution in [-0.2, 0) is 35.3 Å². The predicted molar refractivity (Wildman–Crippen MR) is 158 cm³/mol. The molecule has 1 aromatic heterocycles. The van der Waals surface area contributed by atoms with Crippen LogP contribution in [0.4, 0.5) is 18.0 Å². The fourth-order valence-electron chi connectivity index (χ4n) is 4.49. The number of amides is 1. The van der Waals surface area contributed by atoms with Crippen LogP contribution in [0, 0.1) is 18.0 Å². The van der Waals surface area contributed by atoms with E-state index in [2.05, 4.69) is 20.0 Å². The largest absolute Gasteiger partial charge is 0.569 e. The lowest BCUT2D eigenvalue weighted by Crippen LogP contribution is -2.46. The Morgan fingerprint density at radius 3 is 2.38 bits per heavy atom. The van der Waals surface area contributed by atoms with Crippen molar-refractivity contribution in [2.24, 2.45) is 11.2 Å². The molecule has 1 aliphatic rings. The normalized spacial score (nSPS) is 16.0. The maximum absolute atomic E-state index is 13.5. The number of hydrazine groups is 1. The summed E-state index contributed by atoms with van der Waals surface area (Å²) in [5, 5.41) is 20.4. The minimum atomic E-state index is -4.71. The van der Waals surface area contributed by atoms with Gasteiger partial charge in [0.25, 0.3) is 16.8 Å². The molecule has 254 valence electrons. The number of nitrogens with one attached hydrogen (secondary N) is 1. The first-order valence-electron chi connectivity index (χ1n) is 14.3. The van der Waals surface area contributed by atoms with Crippen molar-refractivity contribution in [3.05, 3.63) is 71.1 Å². The van der Waals surface area contributed by atoms with Crippen molar-refractivity contribution in [1.82, 2.24) is 19.5 Å². The Kier molecular flexibility index (Phi) is 10.3. The van der Waals surface area contributed by atoms with E-state index < -0.39 is 52.3 Å². The Morgan fingerprint density at radius 1 is 1.11 bits per heavy atom. The molecule has 0 radical (unpaired) electrons. The van der Waals surface area contributed by atoms with E-state index in [0.29, 0.717) is 12.0 Å². The zero-order chi connectivity index (χ0) is 34.6. The Balaban J connectivity index is 1.41. The molecule has 3 aromatic rings. The molecule has 0 bridgehead atoms. The minimum absolute atomic E-state index is 0.0649. The summed E-state index contributed by atoms with van der Waals surface area (Å²) in [6.07, 6.45) is -5.12. The van der Waals surface area contributed by atoms with E-state index in [1.807, 2.05) is 11.6 Å². The Morgan fingerprint density at radius 2 is 1.77 bits per heavy atom. The Hall–Kier alpha value is -4.87. The van der Waals surface area contributed by atoms with Crippen molar-refractivity contribution < 1.29 is 50.5 Å². The molecular weight excluding hydrogens is 649 g/mol. The van der Waals surface area contributed by atoms with Crippen LogP contribution in [0.25, 0.3) is 16.9 Å². The summed E-state index contributed by atoms with van der Waals surface area (Å²) >= 11 is 0. The van der Waals surface area contributed by atoms with Gasteiger partial charge in [-0.1, -0.05) is 29.8 Å². The average molecular weight is 683 g/mol. The predicted octanol–water partition coefficient (Wildman–Crippen LogP) is 5.10. The van der Waals surface area contributed by atoms with Gasteiger partial charge >= 0.3 is 12.3 Å². The number of hydrogen-bond acceptors (Lipinski definition) is 10. The molecule has 0 spiro atoms. The van der Waals surface area contributed by atoms with Crippen LogP contribution in [0.5, 0.6) is 0 Å². The molecule has 18 heteroatoms. The van der Waals surface area contributed by atoms with Gasteiger partial charge in [0.05, 0.1) is 40.3 Å². The number of ether oxygens (including phenoxy) is 2. The third-order valence-electron chi connectivity index (χ3n) is 6.73. The number of sulfonamides is 1. The number of piperidine rings is 1. The van der Waals surface area contributed by atoms with Gasteiger partial charge in [0.15, 0.2) is 5.69 Å². The SMILES string of the molecule is Cc1ccc(-c2cc(C(F)(F)F)nn2-c2ccc(S(=O)(=O)NC(=O)C3CCCN(/[N+]([O-])=N/OCOC(=O)OC(C)(C)C)C3)cc2)cc1. The second kappa shape index (κ2) is 13.9. The first-order chi connectivity index (χ1) is 21.9. The van der Waals surface area contributed by atoms with Crippen LogP contribution in [0.1, 0.15) is 44.9 Å². The van der Waals surface area contributed by atoms with Gasteiger partial charge in [0, 0.05) is 5.56 Å². The Labute approximate surface area is 268 Å². The van der Waals surface area contributed by atoms with Gasteiger partial charge in [-0.3, -0.25) is 4.79 Å². The maximum Gasteiger partial charge on any atom is 0.511 e. The highest BCUT2D eigenvalue weighted by Crippen LogP contribution is 2.33. The zero-order valence-corrected chi connectivity index (χ0v) is 26.7. The monoisotopic (exact) mass is 682 g/mol. The highest BCUT2D eigenvalue weighted by atomic mass is 32.2. The molecule has 0 saturated carbocycles. The molecule has 1 fully saturated rings. The molecule has 2 aromatic carbocycles. The highest BCUT2D eigenvalue weighted by Gasteiger charge is 2.36. The molecule has 1 atom stereocenters. The van der Waals surface area contributed by atoms with E-state index in [-0.39, 0.29) is 40.8 Å². The fourth-order valence-corrected chi connectivity index (χ4v) is 5.54. The first kappa shape index (κ1) is 35.0. The topological polar surface area (TPSA) is 167 Å². The van der Waals surface area contributed by atoms with Gasteiger partial charge in [0.2, 0.25) is 11.2 Å². The summed E-state index contributed by atoms with van der Waals surface area (Å²) in [6, 6.07) is 12.5. The summed E-state index contributed by atoms with van der Waals surface area (Å²) in [5.41, 5.74) is -0.247. The van der Waals surface area contributed by atoms with Gasteiger partial charge in [0.1, 0.15) is 5.60 Å². The second-order valence-corrected chi connectivity index (χ2v) is 13.3. The Bertz CT molecular complexity index is 1720. The van der Waals surface area contributed by atoms with Crippen molar-refractivity contribution in [2.45, 2.75) is 57.2 Å². The number of rotatable bonds is 9. The van der Waals surface area contributed by atoms with Gasteiger partial charge in [-0.15, -0.1) is 5.01 Å². The van der Waals surface area contributed by atoms with Gasteiger partial charge in [-0.2, -0.15) is 18.3 Å². The summed E-state index contributed by atoms with van der Waals surface area (Å²) < 4.78 is 79.3. The number of aromatic nitrogens is 2. The van der Waals surface area contributed by atoms with E-state index in [1.54, 1.807) is 45.0 Å². The number of nitrogens with zero attached hydrogens (tertiary/aromatic N) is 5. The lowest BCUT2D eigenvalue weighted by atomic mass is 9.99. The number of carbonyl (C=O) groups excluding carboxylic acids is 2. The standard InChI is InChI=1S/C29H33F3N6O8S/c1-19-7-9-20(10-8-19)24-16-25(29(30,31)32)33-37(24)22-11-13-23(14-12-22)47(42,43)34-26(39)21-6-5-15-36(17-21)38(41)35-45-18-44-27(40)46-28(2,3)4/h7-14,16,21H,5-6,15,17-18H2,1-4H3,(H,34,39)/b38-35-. The number of aryl methyl sites for hydroxylation is 1. The quantitative estimate of drug-likeness (QED) is 0.0801. The average Bonchev–Trinajstić information content (AvgIpc) is 3.45. The molecule has 1 saturated heterocycles. The van der Waals surface area contributed by atoms with Gasteiger partial charge < -0.3 is 19.5 Å². The van der Waals surface area contributed by atoms with Crippen LogP contribution in [0.15, 0.2) is 64.8 Å². The van der Waals surface area contributed by atoms with Crippen molar-refractivity contribution in [1.29, 1.82) is 0 Å². The summed E-state index contributed by atoms with van der Waals surface area (Å²) in [4.78, 5) is 28.9. The van der Waals surface area contributed by atoms with Crippen molar-refractivity contribution >= 4 is 22.1 Å². The molecule has 1 aliphatic heterocycles. The van der Waals surface area contributed by atoms with Crippen LogP contribution < -0.4 is 4.72 Å². The summed E-state index contributed by atoms with van der Waals surface area (Å²) in [5.74, 6) is -1.78. The van der Waals surface area contributed by atoms with Crippen LogP contribution >= 0.6 is 0 Å². The maximum atomic E-state index is 13.5. The molecule has 1 amide bonds. The third kappa shape index (κ3) is 9.34. The fraction of sp³-hybridized carbons (Fsp3) is 0.414. The van der Waals surface area contributed by atoms with E-state index in [0.717, 1.165) is 33.5 Å². The van der Waals surface area contributed by atoms with Crippen molar-refractivity contribution in [3.8, 4) is 16.9 Å². The molecular formula is C29H33F3N6O8S. The third-order valence-corrected chi connectivity index (χ3v) is 8.10. The minimum Gasteiger partial charge on any atom is -0.569 e. The molecule has 4 rings (SSSR count). The molecule has 2 heterocycles. The van der Waals surface area contributed by atoms with E-state index >= 15 is 0 Å². The lowest BCUT2D eigenvalue weighted by Gasteiger charge is -2.27. The summed E-state index contributed by atoms with van der Waals surface area (Å²) in [7, 11) is -4.40. The molecule has 47 heavy (non-hydrogen) atoms. The van der Waals surface area contributed by atoms with Crippen LogP contribution in [0.3, 0.4) is 0 Å². The van der Waals surface area contributed by atoms with Crippen LogP contribution in [-0.4, -0.2) is 65.7 Å². The zero-order valence-electron chi connectivity index (χ0n) is 25.9. The van der Waals surface area contributed by atoms with Gasteiger partial charge in [-0.25, -0.2) is 22.6 Å². The van der Waals surface area contributed by atoms with Crippen molar-refractivity contribution in [2.75, 3.05) is 19.9 Å². The molecule has 0 aliphatic carbocycles. The first-order valence-corrected chi connectivity index (χ1v) is 15.7. The number of halogens is 3. The van der Waals surface area contributed by atoms with Gasteiger partial charge in [-0.05, 0) is 70.9 Å². The van der Waals surface area contributed by atoms with Crippen molar-refractivity contribution in [3.63, 3.8) is 0 Å². The lowest BCUT2D eigenvalue weighted by molar-refractivity contribution is -0.714. The summed E-state index contributed by atoms with van der Waals surface area (Å²) in [6.45, 7) is 6.02. The number of hydrogen-bond donors (Lipinski definition) is 1. The highest BCUT2D eigenvalue weighted by molar-refractivity contribution is 7.90. The number of alkyl halides is 3. The van der Waals surface area contributed by atoms with E-state index in [9.17, 15) is 36.4 Å². The van der Waals surface area contributed by atoms with E-state index in [1.165, 1.54) is 12.1 Å². The second-order valence-electron chi connectivity index (χ2n) is 11.6. The molecule has 1 unspecified atom stereocenters. The van der Waals surface area contributed by atoms with E-state index in [4.69, 9.17) is 4.74 Å². The number of benzene rings is 2. The van der Waals surface area contributed by atoms with Crippen LogP contribution in [0.2, 0.25) is 0 Å². The molecule has 14 nitrogen and oxygen atoms in total. The molecule has 1 N–H and O–H groups in total. The number of carbonyl (C=O) groups is 2.